The molecule has 0 aromatic heterocycles. The summed E-state index contributed by atoms with van der Waals surface area (Å²) >= 11 is 0. The molecule has 3 rings (SSSR count). The second-order valence-electron chi connectivity index (χ2n) is 5.58. The zero-order valence-electron chi connectivity index (χ0n) is 13.2. The van der Waals surface area contributed by atoms with E-state index in [9.17, 15) is 4.79 Å². The SMILES string of the molecule is C/C(=C(/F)c1cccc2c1NCCC(=O)N2)c1ccc(C#N)cc1. The summed E-state index contributed by atoms with van der Waals surface area (Å²) in [4.78, 5) is 11.7. The number of anilines is 2. The van der Waals surface area contributed by atoms with Gasteiger partial charge in [-0.3, -0.25) is 4.79 Å². The van der Waals surface area contributed by atoms with Gasteiger partial charge in [-0.05, 0) is 42.3 Å². The molecular weight excluding hydrogens is 305 g/mol. The maximum atomic E-state index is 15.1. The Morgan fingerprint density at radius 1 is 1.21 bits per heavy atom. The molecule has 120 valence electrons. The fourth-order valence-electron chi connectivity index (χ4n) is 2.67. The van der Waals surface area contributed by atoms with Crippen LogP contribution in [0, 0.1) is 11.3 Å². The first kappa shape index (κ1) is 15.8. The Morgan fingerprint density at radius 2 is 1.96 bits per heavy atom. The van der Waals surface area contributed by atoms with Crippen molar-refractivity contribution in [2.45, 2.75) is 13.3 Å². The minimum Gasteiger partial charge on any atom is -0.382 e. The number of allylic oxidation sites excluding steroid dienone is 1. The maximum Gasteiger partial charge on any atom is 0.226 e. The third-order valence-corrected chi connectivity index (χ3v) is 4.01. The molecule has 2 N–H and O–H groups in total. The minimum atomic E-state index is -0.361. The van der Waals surface area contributed by atoms with Crippen LogP contribution in [0.1, 0.15) is 30.0 Å². The molecule has 1 aliphatic heterocycles. The van der Waals surface area contributed by atoms with Crippen LogP contribution in [0.5, 0.6) is 0 Å². The number of rotatable bonds is 2. The van der Waals surface area contributed by atoms with Gasteiger partial charge in [-0.1, -0.05) is 18.2 Å². The summed E-state index contributed by atoms with van der Waals surface area (Å²) in [6.45, 7) is 2.16. The lowest BCUT2D eigenvalue weighted by atomic mass is 10.0. The van der Waals surface area contributed by atoms with Crippen LogP contribution >= 0.6 is 0 Å². The zero-order valence-corrected chi connectivity index (χ0v) is 13.2. The van der Waals surface area contributed by atoms with Crippen LogP contribution in [0.3, 0.4) is 0 Å². The first-order valence-corrected chi connectivity index (χ1v) is 7.64. The number of para-hydroxylation sites is 1. The van der Waals surface area contributed by atoms with Crippen LogP contribution < -0.4 is 10.6 Å². The number of nitrogens with one attached hydrogen (secondary N) is 2. The van der Waals surface area contributed by atoms with Gasteiger partial charge in [0.05, 0.1) is 23.0 Å². The van der Waals surface area contributed by atoms with E-state index in [0.717, 1.165) is 0 Å². The average Bonchev–Trinajstić information content (AvgIpc) is 2.80. The van der Waals surface area contributed by atoms with Gasteiger partial charge in [0.25, 0.3) is 0 Å². The summed E-state index contributed by atoms with van der Waals surface area (Å²) in [5.41, 5.74) is 3.31. The number of hydrogen-bond donors (Lipinski definition) is 2. The molecule has 0 atom stereocenters. The van der Waals surface area contributed by atoms with E-state index in [1.54, 1.807) is 49.4 Å². The first-order valence-electron chi connectivity index (χ1n) is 7.64. The predicted molar refractivity (Wildman–Crippen MR) is 92.9 cm³/mol. The van der Waals surface area contributed by atoms with E-state index in [-0.39, 0.29) is 11.7 Å². The third-order valence-electron chi connectivity index (χ3n) is 4.01. The molecule has 4 nitrogen and oxygen atoms in total. The number of nitriles is 1. The average molecular weight is 321 g/mol. The number of amides is 1. The second-order valence-corrected chi connectivity index (χ2v) is 5.58. The molecular formula is C19H16FN3O. The van der Waals surface area contributed by atoms with Crippen LogP contribution in [0.15, 0.2) is 42.5 Å². The summed E-state index contributed by atoms with van der Waals surface area (Å²) < 4.78 is 15.1. The molecule has 1 aliphatic rings. The van der Waals surface area contributed by atoms with Crippen molar-refractivity contribution >= 4 is 28.7 Å². The Labute approximate surface area is 139 Å². The monoisotopic (exact) mass is 321 g/mol. The predicted octanol–water partition coefficient (Wildman–Crippen LogP) is 4.17. The highest BCUT2D eigenvalue weighted by atomic mass is 19.1. The highest BCUT2D eigenvalue weighted by Crippen LogP contribution is 2.37. The van der Waals surface area contributed by atoms with E-state index in [4.69, 9.17) is 5.26 Å². The van der Waals surface area contributed by atoms with Crippen molar-refractivity contribution in [3.63, 3.8) is 0 Å². The molecule has 1 amide bonds. The molecule has 0 unspecified atom stereocenters. The molecule has 0 spiro atoms. The zero-order chi connectivity index (χ0) is 17.1. The van der Waals surface area contributed by atoms with Crippen molar-refractivity contribution in [3.8, 4) is 6.07 Å². The number of nitrogens with zero attached hydrogens (tertiary/aromatic N) is 1. The molecule has 0 radical (unpaired) electrons. The standard InChI is InChI=1S/C19H16FN3O/c1-12(14-7-5-13(11-21)6-8-14)18(20)15-3-2-4-16-19(15)22-10-9-17(24)23-16/h2-8,22H,9-10H2,1H3,(H,23,24)/b18-12-. The van der Waals surface area contributed by atoms with Crippen molar-refractivity contribution < 1.29 is 9.18 Å². The van der Waals surface area contributed by atoms with E-state index < -0.39 is 0 Å². The lowest BCUT2D eigenvalue weighted by molar-refractivity contribution is -0.115. The fourth-order valence-corrected chi connectivity index (χ4v) is 2.67. The van der Waals surface area contributed by atoms with Gasteiger partial charge in [0.15, 0.2) is 0 Å². The molecule has 0 saturated carbocycles. The largest absolute Gasteiger partial charge is 0.382 e. The number of carbonyl (C=O) groups is 1. The summed E-state index contributed by atoms with van der Waals surface area (Å²) in [6.07, 6.45) is 0.341. The summed E-state index contributed by atoms with van der Waals surface area (Å²) in [6, 6.07) is 14.0. The molecule has 2 aromatic rings. The molecule has 0 bridgehead atoms. The van der Waals surface area contributed by atoms with E-state index in [2.05, 4.69) is 10.6 Å². The smallest absolute Gasteiger partial charge is 0.226 e. The first-order chi connectivity index (χ1) is 11.6. The molecule has 5 heteroatoms. The molecule has 2 aromatic carbocycles. The lowest BCUT2D eigenvalue weighted by Gasteiger charge is -2.14. The Morgan fingerprint density at radius 3 is 2.67 bits per heavy atom. The van der Waals surface area contributed by atoms with E-state index in [0.29, 0.717) is 46.6 Å². The van der Waals surface area contributed by atoms with Crippen LogP contribution in [-0.4, -0.2) is 12.5 Å². The topological polar surface area (TPSA) is 64.9 Å². The summed E-state index contributed by atoms with van der Waals surface area (Å²) in [5, 5.41) is 14.8. The van der Waals surface area contributed by atoms with Gasteiger partial charge < -0.3 is 10.6 Å². The normalized spacial score (nSPS) is 14.5. The van der Waals surface area contributed by atoms with Crippen molar-refractivity contribution in [2.24, 2.45) is 0 Å². The van der Waals surface area contributed by atoms with Gasteiger partial charge in [-0.2, -0.15) is 5.26 Å². The summed E-state index contributed by atoms with van der Waals surface area (Å²) in [5.74, 6) is -0.452. The van der Waals surface area contributed by atoms with E-state index >= 15 is 4.39 Å². The van der Waals surface area contributed by atoms with Crippen molar-refractivity contribution in [2.75, 3.05) is 17.2 Å². The van der Waals surface area contributed by atoms with Gasteiger partial charge in [0, 0.05) is 18.5 Å². The Bertz CT molecular complexity index is 863. The van der Waals surface area contributed by atoms with Gasteiger partial charge in [0.2, 0.25) is 5.91 Å². The van der Waals surface area contributed by atoms with E-state index in [1.807, 2.05) is 6.07 Å². The van der Waals surface area contributed by atoms with E-state index in [1.165, 1.54) is 0 Å². The third kappa shape index (κ3) is 2.99. The van der Waals surface area contributed by atoms with Gasteiger partial charge in [0.1, 0.15) is 5.83 Å². The fraction of sp³-hybridized carbons (Fsp3) is 0.158. The van der Waals surface area contributed by atoms with Crippen LogP contribution in [0.4, 0.5) is 15.8 Å². The van der Waals surface area contributed by atoms with Gasteiger partial charge in [-0.15, -0.1) is 0 Å². The Kier molecular flexibility index (Phi) is 4.30. The number of halogens is 1. The molecule has 0 saturated heterocycles. The van der Waals surface area contributed by atoms with Crippen molar-refractivity contribution in [1.29, 1.82) is 5.26 Å². The minimum absolute atomic E-state index is 0.0911. The molecule has 24 heavy (non-hydrogen) atoms. The van der Waals surface area contributed by atoms with Crippen molar-refractivity contribution in [1.82, 2.24) is 0 Å². The number of benzene rings is 2. The summed E-state index contributed by atoms with van der Waals surface area (Å²) in [7, 11) is 0. The number of fused-ring (bicyclic) bond motifs is 1. The van der Waals surface area contributed by atoms with Crippen molar-refractivity contribution in [3.05, 3.63) is 59.2 Å². The van der Waals surface area contributed by atoms with Crippen LogP contribution in [0.2, 0.25) is 0 Å². The highest BCUT2D eigenvalue weighted by molar-refractivity contribution is 6.00. The van der Waals surface area contributed by atoms with Gasteiger partial charge >= 0.3 is 0 Å². The number of carbonyl (C=O) groups excluding carboxylic acids is 1. The second kappa shape index (κ2) is 6.55. The highest BCUT2D eigenvalue weighted by Gasteiger charge is 2.18. The molecule has 1 heterocycles. The quantitative estimate of drug-likeness (QED) is 0.816. The number of hydrogen-bond acceptors (Lipinski definition) is 3. The Hall–Kier alpha value is -3.13. The Balaban J connectivity index is 2.05. The molecule has 0 aliphatic carbocycles. The maximum absolute atomic E-state index is 15.1. The molecule has 0 fully saturated rings. The van der Waals surface area contributed by atoms with Crippen LogP contribution in [-0.2, 0) is 4.79 Å². The lowest BCUT2D eigenvalue weighted by Crippen LogP contribution is -2.10. The van der Waals surface area contributed by atoms with Gasteiger partial charge in [-0.25, -0.2) is 4.39 Å². The van der Waals surface area contributed by atoms with Crippen LogP contribution in [0.25, 0.3) is 11.4 Å².